The molecule has 21 heavy (non-hydrogen) atoms. The molecule has 3 N–H and O–H groups in total. The van der Waals surface area contributed by atoms with E-state index in [1.165, 1.54) is 12.1 Å². The van der Waals surface area contributed by atoms with Gasteiger partial charge in [-0.2, -0.15) is 13.2 Å². The van der Waals surface area contributed by atoms with E-state index in [-0.39, 0.29) is 12.1 Å². The fraction of sp³-hybridized carbons (Fsp3) is 0.538. The third-order valence-corrected chi connectivity index (χ3v) is 5.15. The number of hydrogen-bond acceptors (Lipinski definition) is 3. The Morgan fingerprint density at radius 1 is 1.10 bits per heavy atom. The minimum Gasteiger partial charge on any atom is -0.328 e. The zero-order chi connectivity index (χ0) is 15.7. The molecule has 0 heterocycles. The minimum atomic E-state index is -4.71. The maximum atomic E-state index is 12.9. The summed E-state index contributed by atoms with van der Waals surface area (Å²) in [5.41, 5.74) is 4.58. The summed E-state index contributed by atoms with van der Waals surface area (Å²) in [5, 5.41) is 0. The average Bonchev–Trinajstić information content (AvgIpc) is 2.40. The second kappa shape index (κ2) is 5.94. The van der Waals surface area contributed by atoms with Gasteiger partial charge >= 0.3 is 6.18 Å². The molecule has 1 fully saturated rings. The SMILES string of the molecule is NC1CCC(NS(=O)(=O)c2ccccc2C(F)(F)F)CC1. The van der Waals surface area contributed by atoms with Crippen LogP contribution in [0, 0.1) is 0 Å². The first-order chi connectivity index (χ1) is 9.70. The van der Waals surface area contributed by atoms with E-state index < -0.39 is 26.7 Å². The Morgan fingerprint density at radius 3 is 2.24 bits per heavy atom. The average molecular weight is 322 g/mol. The maximum absolute atomic E-state index is 12.9. The van der Waals surface area contributed by atoms with Crippen LogP contribution in [0.25, 0.3) is 0 Å². The van der Waals surface area contributed by atoms with Crippen molar-refractivity contribution in [1.82, 2.24) is 4.72 Å². The van der Waals surface area contributed by atoms with Gasteiger partial charge in [0, 0.05) is 12.1 Å². The van der Waals surface area contributed by atoms with Gasteiger partial charge in [-0.15, -0.1) is 0 Å². The zero-order valence-corrected chi connectivity index (χ0v) is 12.0. The molecule has 0 saturated heterocycles. The highest BCUT2D eigenvalue weighted by atomic mass is 32.2. The highest BCUT2D eigenvalue weighted by molar-refractivity contribution is 7.89. The predicted molar refractivity (Wildman–Crippen MR) is 72.0 cm³/mol. The van der Waals surface area contributed by atoms with Crippen LogP contribution in [0.3, 0.4) is 0 Å². The molecule has 1 aromatic rings. The van der Waals surface area contributed by atoms with Crippen molar-refractivity contribution in [2.24, 2.45) is 5.73 Å². The standard InChI is InChI=1S/C13H17F3N2O2S/c14-13(15,16)11-3-1-2-4-12(11)21(19,20)18-10-7-5-9(17)6-8-10/h1-4,9-10,18H,5-8,17H2. The van der Waals surface area contributed by atoms with Crippen LogP contribution in [-0.2, 0) is 16.2 Å². The van der Waals surface area contributed by atoms with E-state index in [9.17, 15) is 21.6 Å². The van der Waals surface area contributed by atoms with Gasteiger partial charge in [0.1, 0.15) is 0 Å². The van der Waals surface area contributed by atoms with E-state index in [4.69, 9.17) is 5.73 Å². The van der Waals surface area contributed by atoms with Gasteiger partial charge < -0.3 is 5.73 Å². The number of rotatable bonds is 3. The molecule has 1 aromatic carbocycles. The predicted octanol–water partition coefficient (Wildman–Crippen LogP) is 2.25. The van der Waals surface area contributed by atoms with Crippen molar-refractivity contribution in [3.8, 4) is 0 Å². The third kappa shape index (κ3) is 3.96. The topological polar surface area (TPSA) is 72.2 Å². The fourth-order valence-corrected chi connectivity index (χ4v) is 3.99. The van der Waals surface area contributed by atoms with E-state index in [0.717, 1.165) is 12.1 Å². The molecule has 0 spiro atoms. The first kappa shape index (κ1) is 16.3. The number of hydrogen-bond donors (Lipinski definition) is 2. The lowest BCUT2D eigenvalue weighted by atomic mass is 9.93. The van der Waals surface area contributed by atoms with Gasteiger partial charge in [0.15, 0.2) is 0 Å². The highest BCUT2D eigenvalue weighted by Gasteiger charge is 2.37. The molecular formula is C13H17F3N2O2S. The molecule has 118 valence electrons. The molecule has 0 aliphatic heterocycles. The van der Waals surface area contributed by atoms with Crippen molar-refractivity contribution in [2.45, 2.75) is 48.8 Å². The molecule has 0 amide bonds. The third-order valence-electron chi connectivity index (χ3n) is 3.58. The monoisotopic (exact) mass is 322 g/mol. The van der Waals surface area contributed by atoms with Gasteiger partial charge in [0.2, 0.25) is 10.0 Å². The summed E-state index contributed by atoms with van der Waals surface area (Å²) in [7, 11) is -4.20. The van der Waals surface area contributed by atoms with Gasteiger partial charge in [0.05, 0.1) is 10.5 Å². The summed E-state index contributed by atoms with van der Waals surface area (Å²) in [4.78, 5) is -0.729. The van der Waals surface area contributed by atoms with Crippen LogP contribution < -0.4 is 10.5 Å². The summed E-state index contributed by atoms with van der Waals surface area (Å²) in [6.45, 7) is 0. The molecule has 1 aliphatic carbocycles. The van der Waals surface area contributed by atoms with Crippen LogP contribution in [0.2, 0.25) is 0 Å². The lowest BCUT2D eigenvalue weighted by Crippen LogP contribution is -2.40. The largest absolute Gasteiger partial charge is 0.417 e. The Bertz CT molecular complexity index is 594. The van der Waals surface area contributed by atoms with Gasteiger partial charge in [-0.1, -0.05) is 12.1 Å². The summed E-state index contributed by atoms with van der Waals surface area (Å²) in [6, 6.07) is 3.86. The first-order valence-corrected chi connectivity index (χ1v) is 8.12. The Morgan fingerprint density at radius 2 is 1.67 bits per heavy atom. The van der Waals surface area contributed by atoms with E-state index >= 15 is 0 Å². The van der Waals surface area contributed by atoms with E-state index in [0.29, 0.717) is 25.7 Å². The molecule has 1 aliphatic rings. The molecule has 0 atom stereocenters. The fourth-order valence-electron chi connectivity index (χ4n) is 2.46. The quantitative estimate of drug-likeness (QED) is 0.896. The normalized spacial score (nSPS) is 24.0. The molecule has 0 radical (unpaired) electrons. The molecular weight excluding hydrogens is 305 g/mol. The van der Waals surface area contributed by atoms with Crippen molar-refractivity contribution < 1.29 is 21.6 Å². The van der Waals surface area contributed by atoms with Gasteiger partial charge in [-0.05, 0) is 37.8 Å². The smallest absolute Gasteiger partial charge is 0.328 e. The van der Waals surface area contributed by atoms with Crippen LogP contribution in [0.1, 0.15) is 31.2 Å². The van der Waals surface area contributed by atoms with Crippen molar-refractivity contribution in [3.05, 3.63) is 29.8 Å². The number of nitrogens with two attached hydrogens (primary N) is 1. The number of sulfonamides is 1. The number of alkyl halides is 3. The molecule has 1 saturated carbocycles. The molecule has 4 nitrogen and oxygen atoms in total. The van der Waals surface area contributed by atoms with Crippen LogP contribution >= 0.6 is 0 Å². The molecule has 8 heteroatoms. The molecule has 0 bridgehead atoms. The molecule has 0 unspecified atom stereocenters. The zero-order valence-electron chi connectivity index (χ0n) is 11.2. The van der Waals surface area contributed by atoms with Gasteiger partial charge in [-0.3, -0.25) is 0 Å². The lowest BCUT2D eigenvalue weighted by molar-refractivity contribution is -0.139. The van der Waals surface area contributed by atoms with Crippen molar-refractivity contribution in [3.63, 3.8) is 0 Å². The number of benzene rings is 1. The van der Waals surface area contributed by atoms with E-state index in [1.54, 1.807) is 0 Å². The van der Waals surface area contributed by atoms with Crippen LogP contribution in [0.5, 0.6) is 0 Å². The second-order valence-corrected chi connectivity index (χ2v) is 6.91. The Hall–Kier alpha value is -1.12. The van der Waals surface area contributed by atoms with Crippen molar-refractivity contribution >= 4 is 10.0 Å². The highest BCUT2D eigenvalue weighted by Crippen LogP contribution is 2.34. The molecule has 0 aromatic heterocycles. The van der Waals surface area contributed by atoms with Crippen LogP contribution in [0.4, 0.5) is 13.2 Å². The summed E-state index contributed by atoms with van der Waals surface area (Å²) < 4.78 is 65.5. The minimum absolute atomic E-state index is 0.0354. The Kier molecular flexibility index (Phi) is 4.60. The second-order valence-electron chi connectivity index (χ2n) is 5.23. The molecule has 2 rings (SSSR count). The Labute approximate surface area is 121 Å². The van der Waals surface area contributed by atoms with Crippen molar-refractivity contribution in [1.29, 1.82) is 0 Å². The summed E-state index contributed by atoms with van der Waals surface area (Å²) in [5.74, 6) is 0. The summed E-state index contributed by atoms with van der Waals surface area (Å²) >= 11 is 0. The van der Waals surface area contributed by atoms with Gasteiger partial charge in [-0.25, -0.2) is 13.1 Å². The van der Waals surface area contributed by atoms with Gasteiger partial charge in [0.25, 0.3) is 0 Å². The lowest BCUT2D eigenvalue weighted by Gasteiger charge is -2.27. The van der Waals surface area contributed by atoms with E-state index in [2.05, 4.69) is 4.72 Å². The Balaban J connectivity index is 2.24. The number of halogens is 3. The van der Waals surface area contributed by atoms with Crippen molar-refractivity contribution in [2.75, 3.05) is 0 Å². The van der Waals surface area contributed by atoms with Crippen LogP contribution in [0.15, 0.2) is 29.2 Å². The first-order valence-electron chi connectivity index (χ1n) is 6.64. The van der Waals surface area contributed by atoms with Crippen LogP contribution in [-0.4, -0.2) is 20.5 Å². The maximum Gasteiger partial charge on any atom is 0.417 e. The van der Waals surface area contributed by atoms with E-state index in [1.807, 2.05) is 0 Å². The summed E-state index contributed by atoms with van der Waals surface area (Å²) in [6.07, 6.45) is -2.31. The number of nitrogens with one attached hydrogen (secondary N) is 1.